The van der Waals surface area contributed by atoms with Crippen LogP contribution in [0.2, 0.25) is 0 Å². The van der Waals surface area contributed by atoms with Crippen molar-refractivity contribution in [3.05, 3.63) is 12.2 Å². The van der Waals surface area contributed by atoms with Gasteiger partial charge in [0.15, 0.2) is 11.5 Å². The highest BCUT2D eigenvalue weighted by atomic mass is 19.4. The van der Waals surface area contributed by atoms with Crippen LogP contribution in [-0.4, -0.2) is 70.3 Å². The van der Waals surface area contributed by atoms with Crippen LogP contribution in [-0.2, 0) is 10.9 Å². The monoisotopic (exact) mass is 358 g/mol. The number of halogens is 3. The first-order valence-electron chi connectivity index (χ1n) is 8.11. The summed E-state index contributed by atoms with van der Waals surface area (Å²) < 4.78 is 44.8. The number of rotatable bonds is 4. The van der Waals surface area contributed by atoms with Crippen molar-refractivity contribution >= 4 is 17.0 Å². The Morgan fingerprint density at radius 1 is 1.28 bits per heavy atom. The summed E-state index contributed by atoms with van der Waals surface area (Å²) in [7, 11) is 1.72. The van der Waals surface area contributed by atoms with Crippen molar-refractivity contribution in [3.8, 4) is 0 Å². The second kappa shape index (κ2) is 6.75. The minimum atomic E-state index is -4.61. The minimum Gasteiger partial charge on any atom is -0.373 e. The summed E-state index contributed by atoms with van der Waals surface area (Å²) in [4.78, 5) is 17.8. The fraction of sp³-hybridized carbons (Fsp3) is 0.667. The Balaban J connectivity index is 1.77. The van der Waals surface area contributed by atoms with E-state index in [1.165, 1.54) is 6.33 Å². The number of hydrogen-bond donors (Lipinski definition) is 1. The zero-order valence-corrected chi connectivity index (χ0v) is 14.3. The highest BCUT2D eigenvalue weighted by Crippen LogP contribution is 2.30. The molecule has 1 aliphatic heterocycles. The number of anilines is 1. The molecule has 2 aromatic rings. The molecule has 1 aliphatic rings. The van der Waals surface area contributed by atoms with Crippen LogP contribution < -0.4 is 4.90 Å². The van der Waals surface area contributed by atoms with Gasteiger partial charge in [0.1, 0.15) is 5.52 Å². The summed E-state index contributed by atoms with van der Waals surface area (Å²) in [5.74, 6) is -0.980. The van der Waals surface area contributed by atoms with Crippen molar-refractivity contribution in [1.82, 2.24) is 24.8 Å². The van der Waals surface area contributed by atoms with Gasteiger partial charge in [-0.1, -0.05) is 0 Å². The quantitative estimate of drug-likeness (QED) is 0.901. The van der Waals surface area contributed by atoms with Crippen molar-refractivity contribution in [3.63, 3.8) is 0 Å². The van der Waals surface area contributed by atoms with E-state index in [0.717, 1.165) is 13.1 Å². The van der Waals surface area contributed by atoms with Crippen LogP contribution in [0.1, 0.15) is 19.7 Å². The summed E-state index contributed by atoms with van der Waals surface area (Å²) in [5, 5.41) is 0. The number of hydrogen-bond acceptors (Lipinski definition) is 6. The molecule has 3 rings (SSSR count). The van der Waals surface area contributed by atoms with Gasteiger partial charge in [-0.3, -0.25) is 4.90 Å². The Hall–Kier alpha value is -1.94. The first-order chi connectivity index (χ1) is 11.7. The molecular weight excluding hydrogens is 337 g/mol. The normalized spacial score (nSPS) is 22.5. The molecule has 7 nitrogen and oxygen atoms in total. The van der Waals surface area contributed by atoms with Crippen molar-refractivity contribution in [1.29, 1.82) is 0 Å². The van der Waals surface area contributed by atoms with E-state index < -0.39 is 12.0 Å². The van der Waals surface area contributed by atoms with E-state index >= 15 is 0 Å². The van der Waals surface area contributed by atoms with E-state index in [1.54, 1.807) is 11.9 Å². The number of likely N-dealkylation sites (N-methyl/N-ethyl adjacent to an activating group) is 1. The van der Waals surface area contributed by atoms with Gasteiger partial charge in [-0.25, -0.2) is 15.0 Å². The molecule has 0 saturated carbocycles. The molecule has 1 N–H and O–H groups in total. The largest absolute Gasteiger partial charge is 0.451 e. The lowest BCUT2D eigenvalue weighted by Crippen LogP contribution is -2.47. The number of nitrogens with zero attached hydrogens (tertiary/aromatic N) is 5. The molecule has 0 bridgehead atoms. The molecule has 0 aromatic carbocycles. The molecular formula is C15H21F3N6O. The van der Waals surface area contributed by atoms with Gasteiger partial charge >= 0.3 is 6.18 Å². The van der Waals surface area contributed by atoms with E-state index in [1.807, 2.05) is 13.8 Å². The standard InChI is InChI=1S/C15H21F3N6O/c1-9-6-24(7-10(2)25-9)5-4-23(3)13-11-12(20-8-19-11)21-14(22-13)15(16,17)18/h8-10H,4-7H2,1-3H3,(H,19,20,21,22)/t9-,10+. The predicted octanol–water partition coefficient (Wildman–Crippen LogP) is 1.92. The Kier molecular flexibility index (Phi) is 4.83. The number of morpholine rings is 1. The number of nitrogens with one attached hydrogen (secondary N) is 1. The lowest BCUT2D eigenvalue weighted by atomic mass is 10.2. The van der Waals surface area contributed by atoms with Gasteiger partial charge in [0.2, 0.25) is 5.82 Å². The van der Waals surface area contributed by atoms with Crippen molar-refractivity contribution in [2.24, 2.45) is 0 Å². The van der Waals surface area contributed by atoms with Crippen LogP contribution in [0.25, 0.3) is 11.2 Å². The van der Waals surface area contributed by atoms with Crippen LogP contribution >= 0.6 is 0 Å². The smallest absolute Gasteiger partial charge is 0.373 e. The number of aromatic amines is 1. The molecule has 3 heterocycles. The molecule has 1 fully saturated rings. The van der Waals surface area contributed by atoms with Gasteiger partial charge in [-0.2, -0.15) is 13.2 Å². The Morgan fingerprint density at radius 3 is 2.60 bits per heavy atom. The second-order valence-corrected chi connectivity index (χ2v) is 6.41. The molecule has 0 radical (unpaired) electrons. The number of fused-ring (bicyclic) bond motifs is 1. The van der Waals surface area contributed by atoms with Crippen LogP contribution in [0.4, 0.5) is 19.0 Å². The van der Waals surface area contributed by atoms with Crippen molar-refractivity contribution < 1.29 is 17.9 Å². The molecule has 2 aromatic heterocycles. The Bertz CT molecular complexity index is 724. The fourth-order valence-electron chi connectivity index (χ4n) is 3.09. The zero-order valence-electron chi connectivity index (χ0n) is 14.3. The van der Waals surface area contributed by atoms with Gasteiger partial charge in [-0.05, 0) is 13.8 Å². The SMILES string of the molecule is C[C@@H]1CN(CCN(C)c2nc(C(F)(F)F)nc3nc[nH]c23)C[C@H](C)O1. The van der Waals surface area contributed by atoms with Gasteiger partial charge in [0, 0.05) is 33.2 Å². The molecule has 2 atom stereocenters. The minimum absolute atomic E-state index is 0.0118. The summed E-state index contributed by atoms with van der Waals surface area (Å²) in [6.07, 6.45) is -3.01. The maximum Gasteiger partial charge on any atom is 0.451 e. The highest BCUT2D eigenvalue weighted by Gasteiger charge is 2.36. The third-order valence-corrected chi connectivity index (χ3v) is 4.13. The predicted molar refractivity (Wildman–Crippen MR) is 86.4 cm³/mol. The molecule has 0 unspecified atom stereocenters. The average molecular weight is 358 g/mol. The summed E-state index contributed by atoms with van der Waals surface area (Å²) >= 11 is 0. The average Bonchev–Trinajstić information content (AvgIpc) is 2.98. The third-order valence-electron chi connectivity index (χ3n) is 4.13. The van der Waals surface area contributed by atoms with E-state index in [4.69, 9.17) is 4.74 Å². The number of H-pyrrole nitrogens is 1. The molecule has 0 aliphatic carbocycles. The van der Waals surface area contributed by atoms with Crippen LogP contribution in [0, 0.1) is 0 Å². The summed E-state index contributed by atoms with van der Waals surface area (Å²) in [5.41, 5.74) is 0.414. The fourth-order valence-corrected chi connectivity index (χ4v) is 3.09. The molecule has 1 saturated heterocycles. The second-order valence-electron chi connectivity index (χ2n) is 6.41. The van der Waals surface area contributed by atoms with Crippen molar-refractivity contribution in [2.45, 2.75) is 32.2 Å². The van der Waals surface area contributed by atoms with Crippen LogP contribution in [0.15, 0.2) is 6.33 Å². The third kappa shape index (κ3) is 4.01. The molecule has 138 valence electrons. The Labute approximate surface area is 143 Å². The molecule has 0 amide bonds. The maximum atomic E-state index is 13.0. The molecule has 10 heteroatoms. The first-order valence-corrected chi connectivity index (χ1v) is 8.11. The number of ether oxygens (including phenoxy) is 1. The molecule has 25 heavy (non-hydrogen) atoms. The van der Waals surface area contributed by atoms with Gasteiger partial charge in [0.05, 0.1) is 18.5 Å². The van der Waals surface area contributed by atoms with Gasteiger partial charge < -0.3 is 14.6 Å². The van der Waals surface area contributed by atoms with Gasteiger partial charge in [0.25, 0.3) is 0 Å². The van der Waals surface area contributed by atoms with E-state index in [-0.39, 0.29) is 23.7 Å². The first kappa shape index (κ1) is 17.9. The van der Waals surface area contributed by atoms with Crippen molar-refractivity contribution in [2.75, 3.05) is 38.1 Å². The van der Waals surface area contributed by atoms with E-state index in [9.17, 15) is 13.2 Å². The summed E-state index contributed by atoms with van der Waals surface area (Å²) in [6, 6.07) is 0. The topological polar surface area (TPSA) is 70.2 Å². The highest BCUT2D eigenvalue weighted by molar-refractivity contribution is 5.82. The van der Waals surface area contributed by atoms with E-state index in [0.29, 0.717) is 18.6 Å². The number of imidazole rings is 1. The van der Waals surface area contributed by atoms with Crippen LogP contribution in [0.3, 0.4) is 0 Å². The number of alkyl halides is 3. The van der Waals surface area contributed by atoms with Crippen LogP contribution in [0.5, 0.6) is 0 Å². The summed E-state index contributed by atoms with van der Waals surface area (Å²) in [6.45, 7) is 6.86. The zero-order chi connectivity index (χ0) is 18.2. The molecule has 0 spiro atoms. The lowest BCUT2D eigenvalue weighted by molar-refractivity contribution is -0.144. The maximum absolute atomic E-state index is 13.0. The Morgan fingerprint density at radius 2 is 1.96 bits per heavy atom. The van der Waals surface area contributed by atoms with Gasteiger partial charge in [-0.15, -0.1) is 0 Å². The lowest BCUT2D eigenvalue weighted by Gasteiger charge is -2.36. The number of aromatic nitrogens is 4. The van der Waals surface area contributed by atoms with E-state index in [2.05, 4.69) is 24.8 Å².